The van der Waals surface area contributed by atoms with E-state index in [1.807, 2.05) is 0 Å². The molecule has 84 valence electrons. The number of nitrogens with two attached hydrogens (primary N) is 1. The highest BCUT2D eigenvalue weighted by Crippen LogP contribution is 2.33. The van der Waals surface area contributed by atoms with Gasteiger partial charge >= 0.3 is 0 Å². The van der Waals surface area contributed by atoms with E-state index in [2.05, 4.69) is 23.0 Å². The first-order valence-electron chi connectivity index (χ1n) is 5.43. The van der Waals surface area contributed by atoms with Crippen molar-refractivity contribution in [3.05, 3.63) is 10.9 Å². The van der Waals surface area contributed by atoms with Crippen LogP contribution in [0, 0.1) is 6.92 Å². The van der Waals surface area contributed by atoms with Crippen molar-refractivity contribution in [3.63, 3.8) is 0 Å². The second-order valence-electron chi connectivity index (χ2n) is 4.13. The summed E-state index contributed by atoms with van der Waals surface area (Å²) in [6.07, 6.45) is 3.80. The van der Waals surface area contributed by atoms with Gasteiger partial charge in [-0.1, -0.05) is 0 Å². The number of hydrogen-bond donors (Lipinski definition) is 1. The molecule has 0 aliphatic heterocycles. The highest BCUT2D eigenvalue weighted by atomic mass is 32.1. The summed E-state index contributed by atoms with van der Waals surface area (Å²) in [5.74, 6) is 0.945. The van der Waals surface area contributed by atoms with Gasteiger partial charge in [0.2, 0.25) is 11.8 Å². The van der Waals surface area contributed by atoms with Crippen LogP contribution in [0.25, 0.3) is 10.2 Å². The molecule has 4 nitrogen and oxygen atoms in total. The van der Waals surface area contributed by atoms with Crippen LogP contribution in [0.2, 0.25) is 0 Å². The summed E-state index contributed by atoms with van der Waals surface area (Å²) >= 11 is 1.62. The van der Waals surface area contributed by atoms with Crippen molar-refractivity contribution in [2.45, 2.75) is 32.3 Å². The van der Waals surface area contributed by atoms with E-state index in [9.17, 15) is 0 Å². The van der Waals surface area contributed by atoms with E-state index >= 15 is 0 Å². The van der Waals surface area contributed by atoms with Crippen LogP contribution in [0.4, 0.5) is 5.95 Å². The Labute approximate surface area is 97.5 Å². The van der Waals surface area contributed by atoms with Gasteiger partial charge in [0, 0.05) is 4.88 Å². The zero-order valence-electron chi connectivity index (χ0n) is 9.06. The zero-order valence-corrected chi connectivity index (χ0v) is 9.88. The van der Waals surface area contributed by atoms with Gasteiger partial charge in [0.15, 0.2) is 0 Å². The number of anilines is 1. The van der Waals surface area contributed by atoms with Crippen LogP contribution in [0.3, 0.4) is 0 Å². The van der Waals surface area contributed by atoms with Crippen LogP contribution < -0.4 is 10.5 Å². The first kappa shape index (κ1) is 9.84. The summed E-state index contributed by atoms with van der Waals surface area (Å²) in [6, 6.07) is 2.06. The average Bonchev–Trinajstić information content (AvgIpc) is 2.51. The molecule has 0 unspecified atom stereocenters. The molecule has 0 spiro atoms. The van der Waals surface area contributed by atoms with Crippen LogP contribution in [0.1, 0.15) is 24.1 Å². The fourth-order valence-electron chi connectivity index (χ4n) is 1.77. The molecule has 2 N–H and O–H groups in total. The SMILES string of the molecule is Cc1cc2c(OC3CCC3)nc(N)nc2s1. The molecule has 0 aromatic carbocycles. The van der Waals surface area contributed by atoms with Gasteiger partial charge in [0.25, 0.3) is 0 Å². The lowest BCUT2D eigenvalue weighted by Gasteiger charge is -2.25. The van der Waals surface area contributed by atoms with E-state index in [0.29, 0.717) is 17.9 Å². The van der Waals surface area contributed by atoms with Crippen molar-refractivity contribution in [2.75, 3.05) is 5.73 Å². The van der Waals surface area contributed by atoms with Crippen molar-refractivity contribution >= 4 is 27.5 Å². The number of thiophene rings is 1. The van der Waals surface area contributed by atoms with Gasteiger partial charge in [-0.2, -0.15) is 4.98 Å². The smallest absolute Gasteiger partial charge is 0.227 e. The summed E-state index contributed by atoms with van der Waals surface area (Å²) in [5, 5.41) is 0.989. The molecule has 1 aliphatic carbocycles. The highest BCUT2D eigenvalue weighted by molar-refractivity contribution is 7.18. The van der Waals surface area contributed by atoms with Crippen molar-refractivity contribution in [2.24, 2.45) is 0 Å². The Hall–Kier alpha value is -1.36. The molecule has 1 fully saturated rings. The Balaban J connectivity index is 2.05. The quantitative estimate of drug-likeness (QED) is 0.868. The van der Waals surface area contributed by atoms with E-state index in [1.165, 1.54) is 11.3 Å². The van der Waals surface area contributed by atoms with E-state index in [4.69, 9.17) is 10.5 Å². The van der Waals surface area contributed by atoms with Gasteiger partial charge in [-0.15, -0.1) is 11.3 Å². The average molecular weight is 235 g/mol. The predicted molar refractivity (Wildman–Crippen MR) is 64.8 cm³/mol. The molecule has 5 heteroatoms. The molecule has 0 radical (unpaired) electrons. The Morgan fingerprint density at radius 1 is 1.44 bits per heavy atom. The second-order valence-corrected chi connectivity index (χ2v) is 5.37. The molecule has 2 aromatic rings. The third-order valence-corrected chi connectivity index (χ3v) is 3.77. The van der Waals surface area contributed by atoms with Crippen molar-refractivity contribution in [1.29, 1.82) is 0 Å². The van der Waals surface area contributed by atoms with E-state index in [-0.39, 0.29) is 0 Å². The number of ether oxygens (including phenoxy) is 1. The minimum absolute atomic E-state index is 0.295. The maximum atomic E-state index is 5.83. The standard InChI is InChI=1S/C11H13N3OS/c1-6-5-8-9(15-7-3-2-4-7)13-11(12)14-10(8)16-6/h5,7H,2-4H2,1H3,(H2,12,13,14). The molecule has 1 aliphatic rings. The van der Waals surface area contributed by atoms with Gasteiger partial charge in [-0.05, 0) is 32.3 Å². The van der Waals surface area contributed by atoms with E-state index < -0.39 is 0 Å². The molecule has 0 bridgehead atoms. The number of nitrogen functional groups attached to an aromatic ring is 1. The molecule has 2 heterocycles. The molecule has 0 saturated heterocycles. The second kappa shape index (κ2) is 3.59. The van der Waals surface area contributed by atoms with Gasteiger partial charge < -0.3 is 10.5 Å². The predicted octanol–water partition coefficient (Wildman–Crippen LogP) is 2.51. The van der Waals surface area contributed by atoms with Crippen LogP contribution in [0.5, 0.6) is 5.88 Å². The van der Waals surface area contributed by atoms with Gasteiger partial charge in [0.05, 0.1) is 5.39 Å². The lowest BCUT2D eigenvalue weighted by molar-refractivity contribution is 0.117. The number of hydrogen-bond acceptors (Lipinski definition) is 5. The number of nitrogens with zero attached hydrogens (tertiary/aromatic N) is 2. The number of aromatic nitrogens is 2. The maximum Gasteiger partial charge on any atom is 0.227 e. The lowest BCUT2D eigenvalue weighted by Crippen LogP contribution is -2.25. The summed E-state index contributed by atoms with van der Waals surface area (Å²) < 4.78 is 5.83. The first-order chi connectivity index (χ1) is 7.72. The van der Waals surface area contributed by atoms with Crippen LogP contribution in [0.15, 0.2) is 6.07 Å². The Bertz CT molecular complexity index is 533. The molecule has 2 aromatic heterocycles. The van der Waals surface area contributed by atoms with Crippen molar-refractivity contribution < 1.29 is 4.74 Å². The fourth-order valence-corrected chi connectivity index (χ4v) is 2.64. The van der Waals surface area contributed by atoms with Crippen molar-refractivity contribution in [1.82, 2.24) is 9.97 Å². The topological polar surface area (TPSA) is 61.0 Å². The minimum Gasteiger partial charge on any atom is -0.474 e. The molecular formula is C11H13N3OS. The molecular weight excluding hydrogens is 222 g/mol. The van der Waals surface area contributed by atoms with Crippen LogP contribution in [-0.2, 0) is 0 Å². The molecule has 1 saturated carbocycles. The summed E-state index contributed by atoms with van der Waals surface area (Å²) in [4.78, 5) is 10.5. The fraction of sp³-hybridized carbons (Fsp3) is 0.455. The van der Waals surface area contributed by atoms with Crippen molar-refractivity contribution in [3.8, 4) is 5.88 Å². The van der Waals surface area contributed by atoms with Gasteiger partial charge in [0.1, 0.15) is 10.9 Å². The maximum absolute atomic E-state index is 5.83. The molecule has 0 atom stereocenters. The Morgan fingerprint density at radius 2 is 2.25 bits per heavy atom. The normalized spacial score (nSPS) is 16.3. The van der Waals surface area contributed by atoms with Gasteiger partial charge in [-0.25, -0.2) is 4.98 Å². The minimum atomic E-state index is 0.295. The van der Waals surface area contributed by atoms with E-state index in [1.54, 1.807) is 11.3 Å². The molecule has 3 rings (SSSR count). The largest absolute Gasteiger partial charge is 0.474 e. The third-order valence-electron chi connectivity index (χ3n) is 2.83. The number of fused-ring (bicyclic) bond motifs is 1. The lowest BCUT2D eigenvalue weighted by atomic mass is 9.96. The summed E-state index contributed by atoms with van der Waals surface area (Å²) in [7, 11) is 0. The summed E-state index contributed by atoms with van der Waals surface area (Å²) in [6.45, 7) is 2.05. The van der Waals surface area contributed by atoms with E-state index in [0.717, 1.165) is 23.1 Å². The molecule has 16 heavy (non-hydrogen) atoms. The highest BCUT2D eigenvalue weighted by Gasteiger charge is 2.21. The Morgan fingerprint density at radius 3 is 2.94 bits per heavy atom. The van der Waals surface area contributed by atoms with Crippen LogP contribution in [-0.4, -0.2) is 16.1 Å². The van der Waals surface area contributed by atoms with Crippen LogP contribution >= 0.6 is 11.3 Å². The number of rotatable bonds is 2. The molecule has 0 amide bonds. The third kappa shape index (κ3) is 1.61. The Kier molecular flexibility index (Phi) is 2.21. The zero-order chi connectivity index (χ0) is 11.1. The number of aryl methyl sites for hydroxylation is 1. The summed E-state index contributed by atoms with van der Waals surface area (Å²) in [5.41, 5.74) is 5.67. The monoisotopic (exact) mass is 235 g/mol. The first-order valence-corrected chi connectivity index (χ1v) is 6.24. The van der Waals surface area contributed by atoms with Gasteiger partial charge in [-0.3, -0.25) is 0 Å².